The number of imidazole rings is 2. The van der Waals surface area contributed by atoms with Gasteiger partial charge in [0, 0.05) is 37.9 Å². The Kier molecular flexibility index (Phi) is 4.15. The molecule has 0 aliphatic heterocycles. The molecule has 0 spiro atoms. The lowest BCUT2D eigenvalue weighted by Gasteiger charge is -2.10. The Labute approximate surface area is 158 Å². The first-order valence-electron chi connectivity index (χ1n) is 8.45. The van der Waals surface area contributed by atoms with Gasteiger partial charge in [-0.25, -0.2) is 19.3 Å². The van der Waals surface area contributed by atoms with Gasteiger partial charge in [0.15, 0.2) is 11.2 Å². The van der Waals surface area contributed by atoms with E-state index < -0.39 is 23.7 Å². The number of benzene rings is 1. The summed E-state index contributed by atoms with van der Waals surface area (Å²) in [7, 11) is 3.17. The SMILES string of the molecule is Cn1cnc2c1c(=O)n(CC(=O)Nc1ccc(-n3ccnc3)cc1)c(=O)n2C. The molecule has 10 nitrogen and oxygen atoms in total. The molecule has 0 aliphatic carbocycles. The van der Waals surface area contributed by atoms with Gasteiger partial charge in [-0.1, -0.05) is 0 Å². The van der Waals surface area contributed by atoms with Crippen molar-refractivity contribution in [3.05, 3.63) is 70.2 Å². The van der Waals surface area contributed by atoms with Gasteiger partial charge in [0.2, 0.25) is 5.91 Å². The van der Waals surface area contributed by atoms with Crippen LogP contribution in [0.1, 0.15) is 0 Å². The quantitative estimate of drug-likeness (QED) is 0.547. The highest BCUT2D eigenvalue weighted by Gasteiger charge is 2.17. The van der Waals surface area contributed by atoms with Crippen molar-refractivity contribution < 1.29 is 4.79 Å². The summed E-state index contributed by atoms with van der Waals surface area (Å²) in [5.74, 6) is -0.476. The number of carbonyl (C=O) groups excluding carboxylic acids is 1. The van der Waals surface area contributed by atoms with Crippen LogP contribution < -0.4 is 16.6 Å². The van der Waals surface area contributed by atoms with E-state index in [1.165, 1.54) is 22.5 Å². The van der Waals surface area contributed by atoms with Crippen LogP contribution >= 0.6 is 0 Å². The van der Waals surface area contributed by atoms with E-state index in [1.807, 2.05) is 22.9 Å². The van der Waals surface area contributed by atoms with Crippen molar-refractivity contribution in [1.82, 2.24) is 28.2 Å². The number of anilines is 1. The monoisotopic (exact) mass is 379 g/mol. The fourth-order valence-electron chi connectivity index (χ4n) is 3.01. The number of aromatic nitrogens is 6. The molecule has 0 saturated carbocycles. The summed E-state index contributed by atoms with van der Waals surface area (Å²) >= 11 is 0. The topological polar surface area (TPSA) is 109 Å². The van der Waals surface area contributed by atoms with Gasteiger partial charge in [0.1, 0.15) is 6.54 Å². The first kappa shape index (κ1) is 17.5. The second kappa shape index (κ2) is 6.65. The fourth-order valence-corrected chi connectivity index (χ4v) is 3.01. The summed E-state index contributed by atoms with van der Waals surface area (Å²) in [6, 6.07) is 7.12. The van der Waals surface area contributed by atoms with E-state index in [9.17, 15) is 14.4 Å². The number of nitrogens with zero attached hydrogens (tertiary/aromatic N) is 6. The largest absolute Gasteiger partial charge is 0.332 e. The van der Waals surface area contributed by atoms with Crippen molar-refractivity contribution in [3.8, 4) is 5.69 Å². The third-order valence-corrected chi connectivity index (χ3v) is 4.46. The van der Waals surface area contributed by atoms with E-state index in [-0.39, 0.29) is 11.2 Å². The third kappa shape index (κ3) is 2.90. The smallest absolute Gasteiger partial charge is 0.328 e. The summed E-state index contributed by atoms with van der Waals surface area (Å²) in [4.78, 5) is 45.6. The first-order chi connectivity index (χ1) is 13.5. The Hall–Kier alpha value is -3.95. The molecule has 0 atom stereocenters. The van der Waals surface area contributed by atoms with Crippen LogP contribution in [0.3, 0.4) is 0 Å². The predicted octanol–water partition coefficient (Wildman–Crippen LogP) is 0.258. The van der Waals surface area contributed by atoms with Crippen LogP contribution in [-0.4, -0.2) is 34.1 Å². The van der Waals surface area contributed by atoms with Crippen molar-refractivity contribution in [2.75, 3.05) is 5.32 Å². The van der Waals surface area contributed by atoms with Gasteiger partial charge in [0.25, 0.3) is 5.56 Å². The van der Waals surface area contributed by atoms with Crippen LogP contribution in [0, 0.1) is 0 Å². The minimum atomic E-state index is -0.596. The molecular weight excluding hydrogens is 362 g/mol. The van der Waals surface area contributed by atoms with Crippen molar-refractivity contribution in [2.24, 2.45) is 14.1 Å². The second-order valence-electron chi connectivity index (χ2n) is 6.33. The van der Waals surface area contributed by atoms with Gasteiger partial charge in [-0.15, -0.1) is 0 Å². The van der Waals surface area contributed by atoms with E-state index >= 15 is 0 Å². The van der Waals surface area contributed by atoms with Crippen LogP contribution in [0.25, 0.3) is 16.9 Å². The molecule has 0 saturated heterocycles. The zero-order valence-electron chi connectivity index (χ0n) is 15.2. The molecule has 0 radical (unpaired) electrons. The summed E-state index contributed by atoms with van der Waals surface area (Å²) in [6.07, 6.45) is 6.61. The maximum absolute atomic E-state index is 12.6. The molecule has 3 heterocycles. The van der Waals surface area contributed by atoms with Crippen LogP contribution in [0.15, 0.2) is 58.9 Å². The molecule has 0 bridgehead atoms. The Morgan fingerprint density at radius 1 is 1.11 bits per heavy atom. The third-order valence-electron chi connectivity index (χ3n) is 4.46. The van der Waals surface area contributed by atoms with Crippen molar-refractivity contribution in [3.63, 3.8) is 0 Å². The second-order valence-corrected chi connectivity index (χ2v) is 6.33. The highest BCUT2D eigenvalue weighted by atomic mass is 16.2. The van der Waals surface area contributed by atoms with Crippen molar-refractivity contribution in [1.29, 1.82) is 0 Å². The van der Waals surface area contributed by atoms with Gasteiger partial charge in [-0.05, 0) is 24.3 Å². The standard InChI is InChI=1S/C18H17N7O3/c1-22-11-20-16-15(22)17(27)25(18(28)23(16)2)9-14(26)21-12-3-5-13(6-4-12)24-8-7-19-10-24/h3-8,10-11H,9H2,1-2H3,(H,21,26). The Morgan fingerprint density at radius 2 is 1.86 bits per heavy atom. The average Bonchev–Trinajstić information content (AvgIpc) is 3.34. The van der Waals surface area contributed by atoms with Gasteiger partial charge in [-0.2, -0.15) is 0 Å². The van der Waals surface area contributed by atoms with E-state index in [0.717, 1.165) is 10.3 Å². The minimum Gasteiger partial charge on any atom is -0.328 e. The number of hydrogen-bond donors (Lipinski definition) is 1. The molecule has 4 rings (SSSR count). The molecule has 0 aliphatic rings. The lowest BCUT2D eigenvalue weighted by atomic mass is 10.2. The molecule has 10 heteroatoms. The van der Waals surface area contributed by atoms with Gasteiger partial charge in [0.05, 0.1) is 12.7 Å². The van der Waals surface area contributed by atoms with Gasteiger partial charge in [-0.3, -0.25) is 14.2 Å². The number of amides is 1. The molecular formula is C18H17N7O3. The summed E-state index contributed by atoms with van der Waals surface area (Å²) in [5, 5.41) is 2.70. The first-order valence-corrected chi connectivity index (χ1v) is 8.45. The van der Waals surface area contributed by atoms with E-state index in [4.69, 9.17) is 0 Å². The highest BCUT2D eigenvalue weighted by Crippen LogP contribution is 2.13. The number of rotatable bonds is 4. The summed E-state index contributed by atoms with van der Waals surface area (Å²) in [6.45, 7) is -0.393. The lowest BCUT2D eigenvalue weighted by molar-refractivity contribution is -0.116. The summed E-state index contributed by atoms with van der Waals surface area (Å²) in [5.41, 5.74) is 0.844. The fraction of sp³-hybridized carbons (Fsp3) is 0.167. The van der Waals surface area contributed by atoms with Gasteiger partial charge < -0.3 is 14.5 Å². The van der Waals surface area contributed by atoms with Crippen molar-refractivity contribution >= 4 is 22.8 Å². The number of carbonyl (C=O) groups is 1. The molecule has 142 valence electrons. The van der Waals surface area contributed by atoms with E-state index in [1.54, 1.807) is 31.7 Å². The molecule has 1 amide bonds. The minimum absolute atomic E-state index is 0.264. The van der Waals surface area contributed by atoms with Crippen LogP contribution in [0.4, 0.5) is 5.69 Å². The average molecular weight is 379 g/mol. The molecule has 28 heavy (non-hydrogen) atoms. The number of nitrogens with one attached hydrogen (secondary N) is 1. The maximum Gasteiger partial charge on any atom is 0.332 e. The highest BCUT2D eigenvalue weighted by molar-refractivity contribution is 5.90. The van der Waals surface area contributed by atoms with Crippen LogP contribution in [0.5, 0.6) is 0 Å². The molecule has 0 unspecified atom stereocenters. The van der Waals surface area contributed by atoms with E-state index in [2.05, 4.69) is 15.3 Å². The Bertz CT molecular complexity index is 1280. The van der Waals surface area contributed by atoms with Crippen LogP contribution in [-0.2, 0) is 25.4 Å². The molecule has 4 aromatic rings. The Balaban J connectivity index is 1.58. The maximum atomic E-state index is 12.6. The van der Waals surface area contributed by atoms with Crippen LogP contribution in [0.2, 0.25) is 0 Å². The van der Waals surface area contributed by atoms with E-state index in [0.29, 0.717) is 5.69 Å². The molecule has 3 aromatic heterocycles. The molecule has 1 N–H and O–H groups in total. The Morgan fingerprint density at radius 3 is 2.54 bits per heavy atom. The normalized spacial score (nSPS) is 11.1. The van der Waals surface area contributed by atoms with Gasteiger partial charge >= 0.3 is 5.69 Å². The lowest BCUT2D eigenvalue weighted by Crippen LogP contribution is -2.42. The number of hydrogen-bond acceptors (Lipinski definition) is 5. The number of aryl methyl sites for hydroxylation is 2. The number of fused-ring (bicyclic) bond motifs is 1. The molecule has 0 fully saturated rings. The molecule has 1 aromatic carbocycles. The predicted molar refractivity (Wildman–Crippen MR) is 102 cm³/mol. The zero-order valence-corrected chi connectivity index (χ0v) is 15.2. The summed E-state index contributed by atoms with van der Waals surface area (Å²) < 4.78 is 5.52. The zero-order chi connectivity index (χ0) is 19.8. The van der Waals surface area contributed by atoms with Crippen molar-refractivity contribution in [2.45, 2.75) is 6.54 Å².